The van der Waals surface area contributed by atoms with Crippen LogP contribution in [0.15, 0.2) is 17.8 Å². The maximum atomic E-state index is 12.1. The third-order valence-corrected chi connectivity index (χ3v) is 4.80. The summed E-state index contributed by atoms with van der Waals surface area (Å²) in [6.45, 7) is 0.726. The summed E-state index contributed by atoms with van der Waals surface area (Å²) in [7, 11) is 1.97. The lowest BCUT2D eigenvalue weighted by Gasteiger charge is -2.24. The first kappa shape index (κ1) is 15.1. The molecule has 120 valence electrons. The summed E-state index contributed by atoms with van der Waals surface area (Å²) in [4.78, 5) is 12.1. The minimum absolute atomic E-state index is 0.0573. The number of aryl methyl sites for hydroxylation is 1. The van der Waals surface area contributed by atoms with E-state index in [0.717, 1.165) is 32.2 Å². The number of fused-ring (bicyclic) bond motifs is 1. The van der Waals surface area contributed by atoms with Crippen LogP contribution in [0.2, 0.25) is 0 Å². The Morgan fingerprint density at radius 2 is 2.27 bits per heavy atom. The highest BCUT2D eigenvalue weighted by Gasteiger charge is 2.24. The average molecular weight is 302 g/mol. The van der Waals surface area contributed by atoms with E-state index in [1.54, 1.807) is 0 Å². The molecule has 0 spiro atoms. The fraction of sp³-hybridized carbons (Fsp3) is 0.647. The van der Waals surface area contributed by atoms with Crippen molar-refractivity contribution >= 4 is 6.03 Å². The van der Waals surface area contributed by atoms with Gasteiger partial charge in [-0.1, -0.05) is 11.6 Å². The molecule has 2 N–H and O–H groups in total. The average Bonchev–Trinajstić information content (AvgIpc) is 2.91. The maximum absolute atomic E-state index is 12.1. The molecule has 2 amide bonds. The summed E-state index contributed by atoms with van der Waals surface area (Å²) >= 11 is 0. The second-order valence-electron chi connectivity index (χ2n) is 6.37. The van der Waals surface area contributed by atoms with Crippen LogP contribution in [0.5, 0.6) is 0 Å². The third kappa shape index (κ3) is 3.51. The molecule has 0 saturated carbocycles. The Morgan fingerprint density at radius 1 is 1.36 bits per heavy atom. The summed E-state index contributed by atoms with van der Waals surface area (Å²) in [6.07, 6.45) is 13.4. The quantitative estimate of drug-likeness (QED) is 0.840. The molecular formula is C17H26N4O. The molecule has 0 aliphatic heterocycles. The molecule has 0 unspecified atom stereocenters. The van der Waals surface area contributed by atoms with Crippen LogP contribution in [0.25, 0.3) is 0 Å². The van der Waals surface area contributed by atoms with Gasteiger partial charge in [0.05, 0.1) is 12.2 Å². The number of carbonyl (C=O) groups is 1. The van der Waals surface area contributed by atoms with Crippen LogP contribution < -0.4 is 10.6 Å². The van der Waals surface area contributed by atoms with Crippen molar-refractivity contribution in [2.75, 3.05) is 6.54 Å². The van der Waals surface area contributed by atoms with E-state index in [2.05, 4.69) is 21.8 Å². The van der Waals surface area contributed by atoms with E-state index in [1.165, 1.54) is 42.5 Å². The van der Waals surface area contributed by atoms with Crippen LogP contribution in [0.1, 0.15) is 62.2 Å². The second kappa shape index (κ2) is 6.99. The first-order valence-electron chi connectivity index (χ1n) is 8.47. The highest BCUT2D eigenvalue weighted by molar-refractivity contribution is 5.74. The summed E-state index contributed by atoms with van der Waals surface area (Å²) in [5.41, 5.74) is 3.93. The molecule has 1 aromatic rings. The smallest absolute Gasteiger partial charge is 0.315 e. The number of hydrogen-bond acceptors (Lipinski definition) is 2. The fourth-order valence-corrected chi connectivity index (χ4v) is 3.53. The van der Waals surface area contributed by atoms with Gasteiger partial charge in [-0.3, -0.25) is 4.68 Å². The van der Waals surface area contributed by atoms with Gasteiger partial charge in [0.2, 0.25) is 0 Å². The Kier molecular flexibility index (Phi) is 4.80. The zero-order chi connectivity index (χ0) is 15.4. The highest BCUT2D eigenvalue weighted by atomic mass is 16.2. The second-order valence-corrected chi connectivity index (χ2v) is 6.37. The topological polar surface area (TPSA) is 59.0 Å². The fourth-order valence-electron chi connectivity index (χ4n) is 3.53. The minimum atomic E-state index is -0.0573. The molecule has 0 aromatic carbocycles. The van der Waals surface area contributed by atoms with E-state index >= 15 is 0 Å². The number of nitrogens with one attached hydrogen (secondary N) is 2. The molecule has 0 saturated heterocycles. The normalized spacial score (nSPS) is 21.0. The molecule has 0 fully saturated rings. The van der Waals surface area contributed by atoms with Gasteiger partial charge < -0.3 is 10.6 Å². The largest absolute Gasteiger partial charge is 0.338 e. The maximum Gasteiger partial charge on any atom is 0.315 e. The SMILES string of the molecule is Cn1ncc2c1CCC[C@H]2NC(=O)NCCC1=CCCCC1. The van der Waals surface area contributed by atoms with Crippen molar-refractivity contribution in [3.8, 4) is 0 Å². The Morgan fingerprint density at radius 3 is 3.09 bits per heavy atom. The molecule has 2 aliphatic carbocycles. The van der Waals surface area contributed by atoms with E-state index in [4.69, 9.17) is 0 Å². The number of hydrogen-bond donors (Lipinski definition) is 2. The van der Waals surface area contributed by atoms with Gasteiger partial charge >= 0.3 is 6.03 Å². The monoisotopic (exact) mass is 302 g/mol. The van der Waals surface area contributed by atoms with Crippen LogP contribution in [0, 0.1) is 0 Å². The standard InChI is InChI=1S/C17H26N4O/c1-21-16-9-5-8-15(14(16)12-19-21)20-17(22)18-11-10-13-6-3-2-4-7-13/h6,12,15H,2-5,7-11H2,1H3,(H2,18,20,22)/t15-/m1/s1. The molecule has 2 aliphatic rings. The van der Waals surface area contributed by atoms with E-state index in [-0.39, 0.29) is 12.1 Å². The first-order valence-corrected chi connectivity index (χ1v) is 8.47. The number of amides is 2. The molecule has 1 atom stereocenters. The predicted octanol–water partition coefficient (Wildman–Crippen LogP) is 2.99. The summed E-state index contributed by atoms with van der Waals surface area (Å²) in [5, 5.41) is 10.4. The lowest BCUT2D eigenvalue weighted by atomic mass is 9.93. The lowest BCUT2D eigenvalue weighted by molar-refractivity contribution is 0.235. The molecule has 0 bridgehead atoms. The number of allylic oxidation sites excluding steroid dienone is 1. The van der Waals surface area contributed by atoms with Gasteiger partial charge in [-0.05, 0) is 51.4 Å². The number of aromatic nitrogens is 2. The number of nitrogens with zero attached hydrogens (tertiary/aromatic N) is 2. The first-order chi connectivity index (χ1) is 10.7. The van der Waals surface area contributed by atoms with Gasteiger partial charge in [-0.15, -0.1) is 0 Å². The van der Waals surface area contributed by atoms with Gasteiger partial charge in [0.15, 0.2) is 0 Å². The van der Waals surface area contributed by atoms with Gasteiger partial charge in [-0.25, -0.2) is 4.79 Å². The molecule has 1 heterocycles. The van der Waals surface area contributed by atoms with Crippen molar-refractivity contribution in [3.05, 3.63) is 29.1 Å². The number of carbonyl (C=O) groups excluding carboxylic acids is 1. The molecule has 22 heavy (non-hydrogen) atoms. The van der Waals surface area contributed by atoms with Crippen LogP contribution in [-0.4, -0.2) is 22.4 Å². The van der Waals surface area contributed by atoms with Crippen molar-refractivity contribution in [2.24, 2.45) is 7.05 Å². The molecule has 3 rings (SSSR count). The molecule has 1 aromatic heterocycles. The van der Waals surface area contributed by atoms with E-state index in [0.29, 0.717) is 0 Å². The van der Waals surface area contributed by atoms with Gasteiger partial charge in [0, 0.05) is 24.8 Å². The van der Waals surface area contributed by atoms with E-state index < -0.39 is 0 Å². The van der Waals surface area contributed by atoms with Crippen LogP contribution in [0.3, 0.4) is 0 Å². The Hall–Kier alpha value is -1.78. The van der Waals surface area contributed by atoms with Gasteiger partial charge in [0.1, 0.15) is 0 Å². The summed E-state index contributed by atoms with van der Waals surface area (Å²) in [6, 6.07) is 0.0458. The summed E-state index contributed by atoms with van der Waals surface area (Å²) in [5.74, 6) is 0. The number of urea groups is 1. The molecule has 0 radical (unpaired) electrons. The Balaban J connectivity index is 1.47. The minimum Gasteiger partial charge on any atom is -0.338 e. The highest BCUT2D eigenvalue weighted by Crippen LogP contribution is 2.28. The predicted molar refractivity (Wildman–Crippen MR) is 86.6 cm³/mol. The van der Waals surface area contributed by atoms with Crippen LogP contribution >= 0.6 is 0 Å². The van der Waals surface area contributed by atoms with Crippen LogP contribution in [0.4, 0.5) is 4.79 Å². The molecular weight excluding hydrogens is 276 g/mol. The van der Waals surface area contributed by atoms with Crippen molar-refractivity contribution in [1.29, 1.82) is 0 Å². The van der Waals surface area contributed by atoms with E-state index in [9.17, 15) is 4.79 Å². The molecule has 5 heteroatoms. The summed E-state index contributed by atoms with van der Waals surface area (Å²) < 4.78 is 1.93. The van der Waals surface area contributed by atoms with Crippen molar-refractivity contribution in [2.45, 2.75) is 57.4 Å². The zero-order valence-corrected chi connectivity index (χ0v) is 13.4. The van der Waals surface area contributed by atoms with E-state index in [1.807, 2.05) is 17.9 Å². The zero-order valence-electron chi connectivity index (χ0n) is 13.4. The van der Waals surface area contributed by atoms with Gasteiger partial charge in [0.25, 0.3) is 0 Å². The molecule has 5 nitrogen and oxygen atoms in total. The van der Waals surface area contributed by atoms with Crippen LogP contribution in [-0.2, 0) is 13.5 Å². The Bertz CT molecular complexity index is 561. The Labute approximate surface area is 132 Å². The van der Waals surface area contributed by atoms with Gasteiger partial charge in [-0.2, -0.15) is 5.10 Å². The lowest BCUT2D eigenvalue weighted by Crippen LogP contribution is -2.39. The number of rotatable bonds is 4. The third-order valence-electron chi connectivity index (χ3n) is 4.80. The van der Waals surface area contributed by atoms with Crippen molar-refractivity contribution in [3.63, 3.8) is 0 Å². The van der Waals surface area contributed by atoms with Crippen molar-refractivity contribution < 1.29 is 4.79 Å². The van der Waals surface area contributed by atoms with Crippen molar-refractivity contribution in [1.82, 2.24) is 20.4 Å².